The van der Waals surface area contributed by atoms with Gasteiger partial charge in [-0.05, 0) is 32.2 Å². The summed E-state index contributed by atoms with van der Waals surface area (Å²) in [6, 6.07) is 0. The molecule has 0 aromatic carbocycles. The minimum Gasteiger partial charge on any atom is -0.316 e. The predicted molar refractivity (Wildman–Crippen MR) is 67.0 cm³/mol. The molecule has 94 valence electrons. The van der Waals surface area contributed by atoms with Crippen LogP contribution in [0.1, 0.15) is 50.7 Å². The van der Waals surface area contributed by atoms with E-state index in [9.17, 15) is 0 Å². The lowest BCUT2D eigenvalue weighted by Crippen LogP contribution is -2.45. The highest BCUT2D eigenvalue weighted by Gasteiger charge is 2.38. The van der Waals surface area contributed by atoms with Crippen LogP contribution in [-0.4, -0.2) is 27.9 Å². The lowest BCUT2D eigenvalue weighted by molar-refractivity contribution is 0.267. The fourth-order valence-electron chi connectivity index (χ4n) is 3.51. The molecule has 1 aromatic heterocycles. The van der Waals surface area contributed by atoms with Crippen LogP contribution in [0.2, 0.25) is 0 Å². The van der Waals surface area contributed by atoms with Crippen molar-refractivity contribution in [3.63, 3.8) is 0 Å². The topological polar surface area (TPSA) is 42.7 Å². The first-order chi connectivity index (χ1) is 8.36. The van der Waals surface area contributed by atoms with Crippen molar-refractivity contribution in [2.75, 3.05) is 13.1 Å². The molecule has 3 heterocycles. The van der Waals surface area contributed by atoms with E-state index >= 15 is 0 Å². The Bertz CT molecular complexity index is 385. The van der Waals surface area contributed by atoms with Gasteiger partial charge in [-0.1, -0.05) is 13.3 Å². The van der Waals surface area contributed by atoms with E-state index in [2.05, 4.69) is 27.0 Å². The average molecular weight is 234 g/mol. The molecule has 0 spiro atoms. The quantitative estimate of drug-likeness (QED) is 0.864. The van der Waals surface area contributed by atoms with Gasteiger partial charge in [-0.25, -0.2) is 0 Å². The van der Waals surface area contributed by atoms with Crippen molar-refractivity contribution in [1.82, 2.24) is 20.1 Å². The van der Waals surface area contributed by atoms with Crippen LogP contribution in [0.4, 0.5) is 0 Å². The smallest absolute Gasteiger partial charge is 0.140 e. The van der Waals surface area contributed by atoms with Gasteiger partial charge in [0.2, 0.25) is 0 Å². The van der Waals surface area contributed by atoms with E-state index in [-0.39, 0.29) is 5.41 Å². The highest BCUT2D eigenvalue weighted by atomic mass is 15.3. The molecular formula is C13H22N4. The third-order valence-electron chi connectivity index (χ3n) is 4.28. The van der Waals surface area contributed by atoms with E-state index in [4.69, 9.17) is 0 Å². The molecule has 0 radical (unpaired) electrons. The van der Waals surface area contributed by atoms with Gasteiger partial charge in [-0.15, -0.1) is 10.2 Å². The van der Waals surface area contributed by atoms with Crippen molar-refractivity contribution in [1.29, 1.82) is 0 Å². The fourth-order valence-corrected chi connectivity index (χ4v) is 3.51. The van der Waals surface area contributed by atoms with E-state index in [1.165, 1.54) is 43.8 Å². The monoisotopic (exact) mass is 234 g/mol. The summed E-state index contributed by atoms with van der Waals surface area (Å²) in [5.74, 6) is 2.47. The summed E-state index contributed by atoms with van der Waals surface area (Å²) in [7, 11) is 0. The molecule has 0 bridgehead atoms. The van der Waals surface area contributed by atoms with Crippen LogP contribution in [0.5, 0.6) is 0 Å². The van der Waals surface area contributed by atoms with Gasteiger partial charge in [0, 0.05) is 24.9 Å². The Morgan fingerprint density at radius 3 is 3.06 bits per heavy atom. The maximum absolute atomic E-state index is 4.53. The number of rotatable bonds is 3. The predicted octanol–water partition coefficient (Wildman–Crippen LogP) is 1.65. The Balaban J connectivity index is 1.96. The van der Waals surface area contributed by atoms with Crippen LogP contribution < -0.4 is 5.32 Å². The summed E-state index contributed by atoms with van der Waals surface area (Å²) in [6.07, 6.45) is 7.35. The molecule has 1 N–H and O–H groups in total. The number of fused-ring (bicyclic) bond motifs is 1. The number of aryl methyl sites for hydroxylation is 1. The molecule has 0 amide bonds. The van der Waals surface area contributed by atoms with Crippen molar-refractivity contribution in [2.24, 2.45) is 0 Å². The molecule has 3 rings (SSSR count). The summed E-state index contributed by atoms with van der Waals surface area (Å²) in [6.45, 7) is 5.65. The van der Waals surface area contributed by atoms with Crippen LogP contribution >= 0.6 is 0 Å². The lowest BCUT2D eigenvalue weighted by Gasteiger charge is -2.36. The van der Waals surface area contributed by atoms with Gasteiger partial charge in [0.05, 0.1) is 0 Å². The third-order valence-corrected chi connectivity index (χ3v) is 4.28. The minimum absolute atomic E-state index is 0.253. The molecule has 1 aromatic rings. The van der Waals surface area contributed by atoms with Crippen molar-refractivity contribution in [2.45, 2.75) is 57.4 Å². The lowest BCUT2D eigenvalue weighted by atomic mass is 9.76. The SMILES string of the molecule is CCCC1(c2nnc3n2CCC3)CCCNC1. The zero-order valence-corrected chi connectivity index (χ0v) is 10.7. The maximum atomic E-state index is 4.53. The first-order valence-corrected chi connectivity index (χ1v) is 6.99. The standard InChI is InChI=1S/C13H22N4/c1-2-6-13(7-4-8-14-10-13)12-16-15-11-5-3-9-17(11)12/h14H,2-10H2,1H3. The number of piperidine rings is 1. The first kappa shape index (κ1) is 11.2. The second-order valence-electron chi connectivity index (χ2n) is 5.51. The Morgan fingerprint density at radius 1 is 1.35 bits per heavy atom. The number of hydrogen-bond donors (Lipinski definition) is 1. The molecule has 2 aliphatic rings. The molecular weight excluding hydrogens is 212 g/mol. The normalized spacial score (nSPS) is 28.3. The second-order valence-corrected chi connectivity index (χ2v) is 5.51. The fraction of sp³-hybridized carbons (Fsp3) is 0.846. The second kappa shape index (κ2) is 4.41. The molecule has 4 heteroatoms. The Hall–Kier alpha value is -0.900. The molecule has 4 nitrogen and oxygen atoms in total. The van der Waals surface area contributed by atoms with Crippen LogP contribution in [-0.2, 0) is 18.4 Å². The molecule has 1 fully saturated rings. The average Bonchev–Trinajstić information content (AvgIpc) is 2.92. The minimum atomic E-state index is 0.253. The Labute approximate surface area is 103 Å². The number of nitrogens with one attached hydrogen (secondary N) is 1. The largest absolute Gasteiger partial charge is 0.316 e. The van der Waals surface area contributed by atoms with Gasteiger partial charge in [-0.3, -0.25) is 0 Å². The van der Waals surface area contributed by atoms with E-state index in [0.717, 1.165) is 26.1 Å². The highest BCUT2D eigenvalue weighted by molar-refractivity contribution is 5.15. The molecule has 1 saturated heterocycles. The van der Waals surface area contributed by atoms with Crippen molar-refractivity contribution in [3.8, 4) is 0 Å². The third kappa shape index (κ3) is 1.79. The summed E-state index contributed by atoms with van der Waals surface area (Å²) in [4.78, 5) is 0. The van der Waals surface area contributed by atoms with Gasteiger partial charge < -0.3 is 9.88 Å². The van der Waals surface area contributed by atoms with Crippen LogP contribution in [0.3, 0.4) is 0 Å². The maximum Gasteiger partial charge on any atom is 0.140 e. The molecule has 1 unspecified atom stereocenters. The van der Waals surface area contributed by atoms with Gasteiger partial charge in [-0.2, -0.15) is 0 Å². The van der Waals surface area contributed by atoms with E-state index in [1.807, 2.05) is 0 Å². The van der Waals surface area contributed by atoms with E-state index in [1.54, 1.807) is 0 Å². The van der Waals surface area contributed by atoms with Gasteiger partial charge in [0.15, 0.2) is 0 Å². The van der Waals surface area contributed by atoms with Crippen molar-refractivity contribution < 1.29 is 0 Å². The van der Waals surface area contributed by atoms with E-state index in [0.29, 0.717) is 0 Å². The van der Waals surface area contributed by atoms with Crippen molar-refractivity contribution >= 4 is 0 Å². The van der Waals surface area contributed by atoms with Gasteiger partial charge in [0.1, 0.15) is 11.6 Å². The summed E-state index contributed by atoms with van der Waals surface area (Å²) >= 11 is 0. The molecule has 0 saturated carbocycles. The number of hydrogen-bond acceptors (Lipinski definition) is 3. The molecule has 17 heavy (non-hydrogen) atoms. The Kier molecular flexibility index (Phi) is 2.90. The van der Waals surface area contributed by atoms with Gasteiger partial charge >= 0.3 is 0 Å². The van der Waals surface area contributed by atoms with Gasteiger partial charge in [0.25, 0.3) is 0 Å². The summed E-state index contributed by atoms with van der Waals surface area (Å²) in [5.41, 5.74) is 0.253. The zero-order chi connectivity index (χ0) is 11.7. The zero-order valence-electron chi connectivity index (χ0n) is 10.7. The van der Waals surface area contributed by atoms with Crippen molar-refractivity contribution in [3.05, 3.63) is 11.6 Å². The first-order valence-electron chi connectivity index (χ1n) is 6.99. The van der Waals surface area contributed by atoms with Crippen LogP contribution in [0.15, 0.2) is 0 Å². The summed E-state index contributed by atoms with van der Waals surface area (Å²) in [5, 5.41) is 12.5. The Morgan fingerprint density at radius 2 is 2.29 bits per heavy atom. The summed E-state index contributed by atoms with van der Waals surface area (Å²) < 4.78 is 2.39. The molecule has 1 atom stereocenters. The number of aromatic nitrogens is 3. The number of nitrogens with zero attached hydrogens (tertiary/aromatic N) is 3. The van der Waals surface area contributed by atoms with Crippen LogP contribution in [0.25, 0.3) is 0 Å². The van der Waals surface area contributed by atoms with E-state index < -0.39 is 0 Å². The molecule has 0 aliphatic carbocycles. The van der Waals surface area contributed by atoms with Crippen LogP contribution in [0, 0.1) is 0 Å². The molecule has 2 aliphatic heterocycles. The highest BCUT2D eigenvalue weighted by Crippen LogP contribution is 2.36.